The number of aliphatic hydroxyl groups is 1. The second-order valence-corrected chi connectivity index (χ2v) is 4.62. The Bertz CT molecular complexity index is 200. The van der Waals surface area contributed by atoms with Crippen molar-refractivity contribution < 1.29 is 9.90 Å². The van der Waals surface area contributed by atoms with Crippen LogP contribution >= 0.6 is 11.8 Å². The molecule has 94 valence electrons. The molecule has 0 aromatic heterocycles. The Kier molecular flexibility index (Phi) is 10.6. The van der Waals surface area contributed by atoms with Gasteiger partial charge in [0.05, 0.1) is 6.04 Å². The van der Waals surface area contributed by atoms with Crippen LogP contribution in [-0.2, 0) is 4.79 Å². The standard InChI is InChI=1S/C11H22N2O2S/c1-3-5-13-11(15)10(2)12-6-9-16-8-4-7-14/h3,10,12,14H,1,4-9H2,2H3,(H,13,15). The van der Waals surface area contributed by atoms with Gasteiger partial charge in [-0.25, -0.2) is 0 Å². The lowest BCUT2D eigenvalue weighted by Crippen LogP contribution is -2.42. The maximum absolute atomic E-state index is 11.4. The fourth-order valence-corrected chi connectivity index (χ4v) is 1.83. The molecular weight excluding hydrogens is 224 g/mol. The van der Waals surface area contributed by atoms with E-state index in [9.17, 15) is 4.79 Å². The van der Waals surface area contributed by atoms with Crippen molar-refractivity contribution in [1.29, 1.82) is 0 Å². The van der Waals surface area contributed by atoms with Crippen LogP contribution < -0.4 is 10.6 Å². The van der Waals surface area contributed by atoms with E-state index in [1.165, 1.54) is 0 Å². The number of hydrogen-bond acceptors (Lipinski definition) is 4. The maximum Gasteiger partial charge on any atom is 0.237 e. The molecule has 0 saturated carbocycles. The largest absolute Gasteiger partial charge is 0.396 e. The van der Waals surface area contributed by atoms with E-state index in [1.807, 2.05) is 6.92 Å². The van der Waals surface area contributed by atoms with Crippen molar-refractivity contribution in [2.75, 3.05) is 31.2 Å². The molecule has 0 saturated heterocycles. The van der Waals surface area contributed by atoms with E-state index in [0.29, 0.717) is 6.54 Å². The van der Waals surface area contributed by atoms with Crippen LogP contribution in [0.3, 0.4) is 0 Å². The highest BCUT2D eigenvalue weighted by Crippen LogP contribution is 2.00. The lowest BCUT2D eigenvalue weighted by molar-refractivity contribution is -0.122. The summed E-state index contributed by atoms with van der Waals surface area (Å²) in [5.74, 6) is 1.93. The number of thioether (sulfide) groups is 1. The predicted octanol–water partition coefficient (Wildman–Crippen LogP) is 0.382. The third kappa shape index (κ3) is 8.76. The van der Waals surface area contributed by atoms with Crippen molar-refractivity contribution in [3.05, 3.63) is 12.7 Å². The van der Waals surface area contributed by atoms with Crippen LogP contribution in [0.4, 0.5) is 0 Å². The molecule has 5 heteroatoms. The van der Waals surface area contributed by atoms with Crippen LogP contribution in [0.1, 0.15) is 13.3 Å². The molecule has 0 bridgehead atoms. The molecule has 0 spiro atoms. The van der Waals surface area contributed by atoms with E-state index in [4.69, 9.17) is 5.11 Å². The quantitative estimate of drug-likeness (QED) is 0.385. The zero-order chi connectivity index (χ0) is 12.2. The minimum Gasteiger partial charge on any atom is -0.396 e. The number of nitrogens with one attached hydrogen (secondary N) is 2. The van der Waals surface area contributed by atoms with Gasteiger partial charge in [-0.15, -0.1) is 6.58 Å². The normalized spacial score (nSPS) is 12.1. The fraction of sp³-hybridized carbons (Fsp3) is 0.727. The first-order chi connectivity index (χ1) is 7.72. The summed E-state index contributed by atoms with van der Waals surface area (Å²) in [7, 11) is 0. The summed E-state index contributed by atoms with van der Waals surface area (Å²) in [4.78, 5) is 11.4. The summed E-state index contributed by atoms with van der Waals surface area (Å²) >= 11 is 1.78. The molecule has 0 aromatic carbocycles. The molecule has 16 heavy (non-hydrogen) atoms. The molecule has 0 aromatic rings. The molecule has 0 radical (unpaired) electrons. The smallest absolute Gasteiger partial charge is 0.237 e. The summed E-state index contributed by atoms with van der Waals surface area (Å²) in [5, 5.41) is 14.4. The SMILES string of the molecule is C=CCNC(=O)C(C)NCCSCCCO. The molecule has 1 atom stereocenters. The van der Waals surface area contributed by atoms with Gasteiger partial charge in [0, 0.05) is 25.4 Å². The van der Waals surface area contributed by atoms with Crippen LogP contribution in [0, 0.1) is 0 Å². The maximum atomic E-state index is 11.4. The van der Waals surface area contributed by atoms with Crippen LogP contribution in [0.25, 0.3) is 0 Å². The molecular formula is C11H22N2O2S. The average molecular weight is 246 g/mol. The molecule has 0 heterocycles. The topological polar surface area (TPSA) is 61.4 Å². The van der Waals surface area contributed by atoms with Gasteiger partial charge >= 0.3 is 0 Å². The van der Waals surface area contributed by atoms with Crippen molar-refractivity contribution >= 4 is 17.7 Å². The van der Waals surface area contributed by atoms with E-state index in [1.54, 1.807) is 17.8 Å². The van der Waals surface area contributed by atoms with Crippen molar-refractivity contribution in [2.24, 2.45) is 0 Å². The van der Waals surface area contributed by atoms with Gasteiger partial charge in [0.1, 0.15) is 0 Å². The number of amides is 1. The summed E-state index contributed by atoms with van der Waals surface area (Å²) in [5.41, 5.74) is 0. The Balaban J connectivity index is 3.38. The van der Waals surface area contributed by atoms with E-state index >= 15 is 0 Å². The van der Waals surface area contributed by atoms with Gasteiger partial charge in [-0.05, 0) is 19.1 Å². The van der Waals surface area contributed by atoms with Gasteiger partial charge in [0.25, 0.3) is 0 Å². The second-order valence-electron chi connectivity index (χ2n) is 3.40. The number of hydrogen-bond donors (Lipinski definition) is 3. The molecule has 4 nitrogen and oxygen atoms in total. The van der Waals surface area contributed by atoms with Crippen LogP contribution in [0.15, 0.2) is 12.7 Å². The Hall–Kier alpha value is -0.520. The zero-order valence-electron chi connectivity index (χ0n) is 9.87. The Morgan fingerprint density at radius 2 is 2.31 bits per heavy atom. The first-order valence-electron chi connectivity index (χ1n) is 5.53. The summed E-state index contributed by atoms with van der Waals surface area (Å²) in [6.07, 6.45) is 2.50. The Morgan fingerprint density at radius 3 is 2.94 bits per heavy atom. The summed E-state index contributed by atoms with van der Waals surface area (Å²) in [6, 6.07) is -0.168. The van der Waals surface area contributed by atoms with Crippen molar-refractivity contribution in [3.63, 3.8) is 0 Å². The Labute approximate surface area is 102 Å². The minimum atomic E-state index is -0.168. The summed E-state index contributed by atoms with van der Waals surface area (Å²) in [6.45, 7) is 6.95. The first-order valence-corrected chi connectivity index (χ1v) is 6.68. The lowest BCUT2D eigenvalue weighted by atomic mass is 10.3. The first kappa shape index (κ1) is 15.5. The molecule has 1 amide bonds. The fourth-order valence-electron chi connectivity index (χ4n) is 1.03. The number of aliphatic hydroxyl groups excluding tert-OH is 1. The van der Waals surface area contributed by atoms with Crippen molar-refractivity contribution in [1.82, 2.24) is 10.6 Å². The zero-order valence-corrected chi connectivity index (χ0v) is 10.7. The van der Waals surface area contributed by atoms with E-state index < -0.39 is 0 Å². The number of carbonyl (C=O) groups is 1. The highest BCUT2D eigenvalue weighted by atomic mass is 32.2. The van der Waals surface area contributed by atoms with Crippen LogP contribution in [0.2, 0.25) is 0 Å². The number of carbonyl (C=O) groups excluding carboxylic acids is 1. The third-order valence-corrected chi connectivity index (χ3v) is 3.03. The molecule has 1 unspecified atom stereocenters. The molecule has 0 aliphatic rings. The van der Waals surface area contributed by atoms with Crippen LogP contribution in [0.5, 0.6) is 0 Å². The molecule has 0 aliphatic heterocycles. The van der Waals surface area contributed by atoms with E-state index in [-0.39, 0.29) is 18.6 Å². The molecule has 3 N–H and O–H groups in total. The van der Waals surface area contributed by atoms with E-state index in [2.05, 4.69) is 17.2 Å². The van der Waals surface area contributed by atoms with Crippen molar-refractivity contribution in [2.45, 2.75) is 19.4 Å². The highest BCUT2D eigenvalue weighted by molar-refractivity contribution is 7.99. The van der Waals surface area contributed by atoms with Crippen LogP contribution in [-0.4, -0.2) is 48.3 Å². The molecule has 0 rings (SSSR count). The monoisotopic (exact) mass is 246 g/mol. The minimum absolute atomic E-state index is 0.000239. The average Bonchev–Trinajstić information content (AvgIpc) is 2.30. The lowest BCUT2D eigenvalue weighted by Gasteiger charge is -2.12. The molecule has 0 fully saturated rings. The van der Waals surface area contributed by atoms with Gasteiger partial charge in [-0.3, -0.25) is 4.79 Å². The van der Waals surface area contributed by atoms with E-state index in [0.717, 1.165) is 24.5 Å². The van der Waals surface area contributed by atoms with Crippen molar-refractivity contribution in [3.8, 4) is 0 Å². The number of rotatable bonds is 10. The third-order valence-electron chi connectivity index (χ3n) is 1.96. The summed E-state index contributed by atoms with van der Waals surface area (Å²) < 4.78 is 0. The van der Waals surface area contributed by atoms with Gasteiger partial charge in [-0.2, -0.15) is 11.8 Å². The molecule has 0 aliphatic carbocycles. The second kappa shape index (κ2) is 11.0. The van der Waals surface area contributed by atoms with Gasteiger partial charge in [0.15, 0.2) is 0 Å². The predicted molar refractivity (Wildman–Crippen MR) is 69.7 cm³/mol. The Morgan fingerprint density at radius 1 is 1.56 bits per heavy atom. The van der Waals surface area contributed by atoms with Gasteiger partial charge < -0.3 is 15.7 Å². The van der Waals surface area contributed by atoms with Gasteiger partial charge in [-0.1, -0.05) is 6.08 Å². The highest BCUT2D eigenvalue weighted by Gasteiger charge is 2.09. The van der Waals surface area contributed by atoms with Gasteiger partial charge in [0.2, 0.25) is 5.91 Å².